The van der Waals surface area contributed by atoms with Gasteiger partial charge in [-0.2, -0.15) is 0 Å². The molecule has 0 atom stereocenters. The minimum absolute atomic E-state index is 0.120. The molecule has 2 N–H and O–H groups in total. The van der Waals surface area contributed by atoms with Crippen molar-refractivity contribution in [1.82, 2.24) is 0 Å². The normalized spacial score (nSPS) is 11.5. The predicted octanol–water partition coefficient (Wildman–Crippen LogP) is 3.01. The van der Waals surface area contributed by atoms with E-state index in [9.17, 15) is 14.3 Å². The number of phenols is 1. The minimum Gasteiger partial charge on any atom is -0.507 e. The zero-order valence-corrected chi connectivity index (χ0v) is 10.8. The Morgan fingerprint density at radius 2 is 2.06 bits per heavy atom. The van der Waals surface area contributed by atoms with Crippen molar-refractivity contribution in [2.24, 2.45) is 0 Å². The van der Waals surface area contributed by atoms with Gasteiger partial charge in [-0.15, -0.1) is 11.8 Å². The SMILES string of the molecule is CSc1c(O)ccc(C(C)(C)CC(=O)O)c1F. The first kappa shape index (κ1) is 13.8. The lowest BCUT2D eigenvalue weighted by Gasteiger charge is -2.24. The number of benzene rings is 1. The number of hydrogen-bond acceptors (Lipinski definition) is 3. The molecule has 0 aliphatic rings. The fourth-order valence-corrected chi connectivity index (χ4v) is 2.30. The van der Waals surface area contributed by atoms with Gasteiger partial charge in [0.2, 0.25) is 0 Å². The smallest absolute Gasteiger partial charge is 0.304 e. The summed E-state index contributed by atoms with van der Waals surface area (Å²) in [4.78, 5) is 10.9. The molecule has 0 heterocycles. The number of carboxylic acids is 1. The van der Waals surface area contributed by atoms with E-state index in [2.05, 4.69) is 0 Å². The number of rotatable bonds is 4. The van der Waals surface area contributed by atoms with E-state index in [-0.39, 0.29) is 17.1 Å². The lowest BCUT2D eigenvalue weighted by molar-refractivity contribution is -0.138. The Bertz CT molecular complexity index is 444. The maximum absolute atomic E-state index is 14.1. The molecule has 0 saturated carbocycles. The van der Waals surface area contributed by atoms with Gasteiger partial charge in [0.25, 0.3) is 0 Å². The molecule has 0 unspecified atom stereocenters. The first-order valence-electron chi connectivity index (χ1n) is 5.07. The summed E-state index contributed by atoms with van der Waals surface area (Å²) in [6.45, 7) is 3.33. The van der Waals surface area contributed by atoms with Crippen LogP contribution in [0.2, 0.25) is 0 Å². The summed E-state index contributed by atoms with van der Waals surface area (Å²) in [5, 5.41) is 18.3. The van der Waals surface area contributed by atoms with Crippen LogP contribution in [0.3, 0.4) is 0 Å². The van der Waals surface area contributed by atoms with Crippen molar-refractivity contribution in [3.05, 3.63) is 23.5 Å². The number of aliphatic carboxylic acids is 1. The lowest BCUT2D eigenvalue weighted by Crippen LogP contribution is -2.23. The van der Waals surface area contributed by atoms with Crippen LogP contribution in [0.1, 0.15) is 25.8 Å². The van der Waals surface area contributed by atoms with E-state index < -0.39 is 17.2 Å². The van der Waals surface area contributed by atoms with Crippen LogP contribution in [0.4, 0.5) is 4.39 Å². The van der Waals surface area contributed by atoms with Gasteiger partial charge in [-0.05, 0) is 17.9 Å². The molecule has 1 aromatic rings. The Hall–Kier alpha value is -1.23. The predicted molar refractivity (Wildman–Crippen MR) is 65.1 cm³/mol. The van der Waals surface area contributed by atoms with Crippen LogP contribution in [0.15, 0.2) is 17.0 Å². The molecule has 1 rings (SSSR count). The largest absolute Gasteiger partial charge is 0.507 e. The summed E-state index contributed by atoms with van der Waals surface area (Å²) in [7, 11) is 0. The molecule has 0 aromatic heterocycles. The minimum atomic E-state index is -0.979. The molecular formula is C12H15FO3S. The fourth-order valence-electron chi connectivity index (χ4n) is 1.74. The highest BCUT2D eigenvalue weighted by Gasteiger charge is 2.29. The highest BCUT2D eigenvalue weighted by atomic mass is 32.2. The maximum Gasteiger partial charge on any atom is 0.304 e. The van der Waals surface area contributed by atoms with Crippen LogP contribution in [0.25, 0.3) is 0 Å². The first-order chi connectivity index (χ1) is 7.79. The first-order valence-corrected chi connectivity index (χ1v) is 6.30. The molecule has 94 valence electrons. The van der Waals surface area contributed by atoms with Crippen molar-refractivity contribution in [2.45, 2.75) is 30.6 Å². The van der Waals surface area contributed by atoms with E-state index in [0.29, 0.717) is 5.56 Å². The van der Waals surface area contributed by atoms with Crippen LogP contribution in [-0.2, 0) is 10.2 Å². The summed E-state index contributed by atoms with van der Waals surface area (Å²) in [5.41, 5.74) is -0.504. The number of phenolic OH excluding ortho intramolecular Hbond substituents is 1. The lowest BCUT2D eigenvalue weighted by atomic mass is 9.81. The van der Waals surface area contributed by atoms with Gasteiger partial charge in [-0.3, -0.25) is 4.79 Å². The Kier molecular flexibility index (Phi) is 4.03. The average Bonchev–Trinajstić information content (AvgIpc) is 2.15. The molecule has 17 heavy (non-hydrogen) atoms. The van der Waals surface area contributed by atoms with Gasteiger partial charge >= 0.3 is 5.97 Å². The molecule has 0 fully saturated rings. The molecule has 0 radical (unpaired) electrons. The van der Waals surface area contributed by atoms with Gasteiger partial charge in [0.05, 0.1) is 11.3 Å². The van der Waals surface area contributed by atoms with Crippen LogP contribution in [-0.4, -0.2) is 22.4 Å². The van der Waals surface area contributed by atoms with E-state index in [0.717, 1.165) is 11.8 Å². The molecule has 0 amide bonds. The quantitative estimate of drug-likeness (QED) is 0.815. The maximum atomic E-state index is 14.1. The fraction of sp³-hybridized carbons (Fsp3) is 0.417. The molecule has 1 aromatic carbocycles. The zero-order chi connectivity index (χ0) is 13.2. The highest BCUT2D eigenvalue weighted by Crippen LogP contribution is 2.37. The second-order valence-corrected chi connectivity index (χ2v) is 5.25. The average molecular weight is 258 g/mol. The highest BCUT2D eigenvalue weighted by molar-refractivity contribution is 7.98. The Balaban J connectivity index is 3.27. The summed E-state index contributed by atoms with van der Waals surface area (Å²) in [6.07, 6.45) is 1.49. The second-order valence-electron chi connectivity index (χ2n) is 4.43. The molecule has 0 aliphatic carbocycles. The Morgan fingerprint density at radius 1 is 1.47 bits per heavy atom. The summed E-state index contributed by atoms with van der Waals surface area (Å²) in [6, 6.07) is 2.83. The summed E-state index contributed by atoms with van der Waals surface area (Å²) in [5.74, 6) is -1.64. The molecule has 0 aliphatic heterocycles. The van der Waals surface area contributed by atoms with E-state index >= 15 is 0 Å². The number of carboxylic acid groups (broad SMARTS) is 1. The van der Waals surface area contributed by atoms with E-state index in [1.54, 1.807) is 20.1 Å². The van der Waals surface area contributed by atoms with Crippen molar-refractivity contribution < 1.29 is 19.4 Å². The molecule has 5 heteroatoms. The summed E-state index contributed by atoms with van der Waals surface area (Å²) >= 11 is 1.10. The van der Waals surface area contributed by atoms with Crippen LogP contribution in [0, 0.1) is 5.82 Å². The van der Waals surface area contributed by atoms with Crippen LogP contribution >= 0.6 is 11.8 Å². The van der Waals surface area contributed by atoms with Crippen molar-refractivity contribution in [2.75, 3.05) is 6.26 Å². The Labute approximate surface area is 104 Å². The number of carbonyl (C=O) groups is 1. The molecule has 0 saturated heterocycles. The van der Waals surface area contributed by atoms with Gasteiger partial charge in [0.1, 0.15) is 11.6 Å². The molecular weight excluding hydrogens is 243 g/mol. The van der Waals surface area contributed by atoms with Crippen molar-refractivity contribution in [3.8, 4) is 5.75 Å². The monoisotopic (exact) mass is 258 g/mol. The van der Waals surface area contributed by atoms with Crippen LogP contribution < -0.4 is 0 Å². The van der Waals surface area contributed by atoms with Crippen molar-refractivity contribution >= 4 is 17.7 Å². The van der Waals surface area contributed by atoms with E-state index in [4.69, 9.17) is 5.11 Å². The second kappa shape index (κ2) is 4.96. The van der Waals surface area contributed by atoms with Crippen molar-refractivity contribution in [1.29, 1.82) is 0 Å². The number of hydrogen-bond donors (Lipinski definition) is 2. The van der Waals surface area contributed by atoms with Gasteiger partial charge in [0, 0.05) is 5.41 Å². The van der Waals surface area contributed by atoms with E-state index in [1.807, 2.05) is 0 Å². The molecule has 0 spiro atoms. The van der Waals surface area contributed by atoms with Crippen molar-refractivity contribution in [3.63, 3.8) is 0 Å². The van der Waals surface area contributed by atoms with E-state index in [1.165, 1.54) is 12.1 Å². The van der Waals surface area contributed by atoms with Gasteiger partial charge in [-0.1, -0.05) is 19.9 Å². The van der Waals surface area contributed by atoms with Gasteiger partial charge < -0.3 is 10.2 Å². The topological polar surface area (TPSA) is 57.5 Å². The number of aromatic hydroxyl groups is 1. The third-order valence-corrected chi connectivity index (χ3v) is 3.40. The van der Waals surface area contributed by atoms with Gasteiger partial charge in [-0.25, -0.2) is 4.39 Å². The Morgan fingerprint density at radius 3 is 2.53 bits per heavy atom. The molecule has 0 bridgehead atoms. The van der Waals surface area contributed by atoms with Crippen LogP contribution in [0.5, 0.6) is 5.75 Å². The van der Waals surface area contributed by atoms with Gasteiger partial charge in [0.15, 0.2) is 0 Å². The molecule has 3 nitrogen and oxygen atoms in total. The summed E-state index contributed by atoms with van der Waals surface area (Å²) < 4.78 is 14.1. The third-order valence-electron chi connectivity index (χ3n) is 2.60. The number of thioether (sulfide) groups is 1. The number of halogens is 1. The zero-order valence-electron chi connectivity index (χ0n) is 9.95. The third kappa shape index (κ3) is 2.91. The standard InChI is InChI=1S/C12H15FO3S/c1-12(2,6-9(15)16)7-4-5-8(14)11(17-3)10(7)13/h4-5,14H,6H2,1-3H3,(H,15,16).